The number of amides is 5. The lowest BCUT2D eigenvalue weighted by Crippen LogP contribution is -2.58. The van der Waals surface area contributed by atoms with E-state index in [0.717, 1.165) is 10.9 Å². The molecule has 2 aromatic carbocycles. The van der Waals surface area contributed by atoms with E-state index >= 15 is 0 Å². The Morgan fingerprint density at radius 2 is 1.31 bits per heavy atom. The van der Waals surface area contributed by atoms with Crippen molar-refractivity contribution in [3.05, 3.63) is 65.9 Å². The zero-order chi connectivity index (χ0) is 33.1. The normalized spacial score (nSPS) is 13.6. The van der Waals surface area contributed by atoms with Crippen molar-refractivity contribution >= 4 is 46.4 Å². The second-order valence-electron chi connectivity index (χ2n) is 10.6. The summed E-state index contributed by atoms with van der Waals surface area (Å²) >= 11 is 0. The lowest BCUT2D eigenvalue weighted by atomic mass is 10.0. The SMILES string of the molecule is NC(=O)CCC(N)C(=O)NC(CCC(N)=O)C(=O)NC(Cc1c[nH]c2ccccc12)C(=O)NC(Cc1ccc(O)cc1)C(=O)O. The highest BCUT2D eigenvalue weighted by Crippen LogP contribution is 2.20. The fraction of sp³-hybridized carbons (Fsp3) is 0.333. The van der Waals surface area contributed by atoms with Gasteiger partial charge in [0.25, 0.3) is 0 Å². The number of nitrogens with one attached hydrogen (secondary N) is 4. The summed E-state index contributed by atoms with van der Waals surface area (Å²) in [6, 6.07) is 7.79. The number of aromatic nitrogens is 1. The number of carboxylic acid groups (broad SMARTS) is 1. The number of rotatable bonds is 17. The lowest BCUT2D eigenvalue weighted by Gasteiger charge is -2.25. The van der Waals surface area contributed by atoms with Crippen LogP contribution in [0.5, 0.6) is 5.75 Å². The maximum atomic E-state index is 13.6. The molecule has 0 aliphatic heterocycles. The number of hydrogen-bond donors (Lipinski definition) is 9. The molecule has 5 amide bonds. The van der Waals surface area contributed by atoms with Crippen LogP contribution in [0.4, 0.5) is 0 Å². The standard InChI is InChI=1S/C30H37N7O8/c31-20(9-11-25(32)39)27(41)35-22(10-12-26(33)40)28(42)36-23(14-17-15-34-21-4-2-1-3-19(17)21)29(43)37-24(30(44)45)13-16-5-7-18(38)8-6-16/h1-8,15,20,22-24,34,38H,9-14,31H2,(H2,32,39)(H2,33,40)(H,35,41)(H,36,42)(H,37,43)(H,44,45). The number of H-pyrrole nitrogens is 1. The number of nitrogens with two attached hydrogens (primary N) is 3. The Labute approximate surface area is 257 Å². The lowest BCUT2D eigenvalue weighted by molar-refractivity contribution is -0.142. The summed E-state index contributed by atoms with van der Waals surface area (Å²) in [5, 5.41) is 27.6. The minimum Gasteiger partial charge on any atom is -0.508 e. The maximum Gasteiger partial charge on any atom is 0.326 e. The molecule has 0 radical (unpaired) electrons. The molecule has 0 fully saturated rings. The number of carboxylic acids is 1. The van der Waals surface area contributed by atoms with Crippen LogP contribution in [0.25, 0.3) is 10.9 Å². The molecular formula is C30H37N7O8. The molecule has 12 N–H and O–H groups in total. The first-order valence-corrected chi connectivity index (χ1v) is 14.1. The summed E-state index contributed by atoms with van der Waals surface area (Å²) < 4.78 is 0. The summed E-state index contributed by atoms with van der Waals surface area (Å²) in [6.07, 6.45) is 0.698. The number of carbonyl (C=O) groups is 6. The largest absolute Gasteiger partial charge is 0.508 e. The monoisotopic (exact) mass is 623 g/mol. The van der Waals surface area contributed by atoms with E-state index in [1.807, 2.05) is 18.2 Å². The second kappa shape index (κ2) is 15.9. The summed E-state index contributed by atoms with van der Waals surface area (Å²) in [6.45, 7) is 0. The van der Waals surface area contributed by atoms with Crippen molar-refractivity contribution in [2.45, 2.75) is 62.7 Å². The summed E-state index contributed by atoms with van der Waals surface area (Å²) in [5.74, 6) is -5.22. The van der Waals surface area contributed by atoms with E-state index in [4.69, 9.17) is 17.2 Å². The van der Waals surface area contributed by atoms with Gasteiger partial charge in [-0.05, 0) is 42.2 Å². The number of carbonyl (C=O) groups excluding carboxylic acids is 5. The van der Waals surface area contributed by atoms with Gasteiger partial charge in [0.05, 0.1) is 6.04 Å². The van der Waals surface area contributed by atoms with Crippen molar-refractivity contribution in [3.63, 3.8) is 0 Å². The molecule has 3 rings (SSSR count). The van der Waals surface area contributed by atoms with E-state index in [9.17, 15) is 39.0 Å². The molecule has 4 atom stereocenters. The van der Waals surface area contributed by atoms with Crippen molar-refractivity contribution < 1.29 is 39.0 Å². The van der Waals surface area contributed by atoms with Gasteiger partial charge >= 0.3 is 5.97 Å². The van der Waals surface area contributed by atoms with E-state index in [-0.39, 0.29) is 44.3 Å². The molecule has 15 heteroatoms. The predicted molar refractivity (Wildman–Crippen MR) is 162 cm³/mol. The third kappa shape index (κ3) is 10.4. The van der Waals surface area contributed by atoms with Crippen molar-refractivity contribution in [1.82, 2.24) is 20.9 Å². The number of aromatic hydroxyl groups is 1. The van der Waals surface area contributed by atoms with Crippen LogP contribution in [0.1, 0.15) is 36.8 Å². The Kier molecular flexibility index (Phi) is 12.0. The second-order valence-corrected chi connectivity index (χ2v) is 10.6. The first-order chi connectivity index (χ1) is 21.3. The van der Waals surface area contributed by atoms with Crippen LogP contribution in [0.3, 0.4) is 0 Å². The van der Waals surface area contributed by atoms with Gasteiger partial charge in [0.1, 0.15) is 23.9 Å². The van der Waals surface area contributed by atoms with Gasteiger partial charge in [-0.15, -0.1) is 0 Å². The van der Waals surface area contributed by atoms with E-state index in [0.29, 0.717) is 11.1 Å². The molecule has 15 nitrogen and oxygen atoms in total. The highest BCUT2D eigenvalue weighted by atomic mass is 16.4. The quantitative estimate of drug-likeness (QED) is 0.0896. The fourth-order valence-electron chi connectivity index (χ4n) is 4.61. The number of phenols is 1. The average Bonchev–Trinajstić information content (AvgIpc) is 3.40. The van der Waals surface area contributed by atoms with Crippen LogP contribution in [-0.2, 0) is 41.6 Å². The highest BCUT2D eigenvalue weighted by molar-refractivity contribution is 5.95. The first-order valence-electron chi connectivity index (χ1n) is 14.1. The van der Waals surface area contributed by atoms with Gasteiger partial charge in [0.15, 0.2) is 0 Å². The fourth-order valence-corrected chi connectivity index (χ4v) is 4.61. The number of primary amides is 2. The zero-order valence-electron chi connectivity index (χ0n) is 24.3. The Hall–Kier alpha value is -5.44. The van der Waals surface area contributed by atoms with Crippen LogP contribution in [0, 0.1) is 0 Å². The van der Waals surface area contributed by atoms with Gasteiger partial charge in [-0.25, -0.2) is 4.79 Å². The van der Waals surface area contributed by atoms with Crippen molar-refractivity contribution in [1.29, 1.82) is 0 Å². The van der Waals surface area contributed by atoms with Gasteiger partial charge in [-0.1, -0.05) is 30.3 Å². The first kappa shape index (κ1) is 34.1. The minimum absolute atomic E-state index is 0.0111. The number of fused-ring (bicyclic) bond motifs is 1. The van der Waals surface area contributed by atoms with Crippen LogP contribution < -0.4 is 33.2 Å². The Bertz CT molecular complexity index is 1540. The van der Waals surface area contributed by atoms with E-state index < -0.39 is 59.7 Å². The average molecular weight is 624 g/mol. The molecule has 0 saturated carbocycles. The van der Waals surface area contributed by atoms with Gasteiger partial charge in [0, 0.05) is 42.8 Å². The molecule has 0 saturated heterocycles. The number of benzene rings is 2. The Balaban J connectivity index is 1.86. The smallest absolute Gasteiger partial charge is 0.326 e. The van der Waals surface area contributed by atoms with Crippen molar-refractivity contribution in [2.24, 2.45) is 17.2 Å². The van der Waals surface area contributed by atoms with Crippen molar-refractivity contribution in [2.75, 3.05) is 0 Å². The summed E-state index contributed by atoms with van der Waals surface area (Å²) in [5.41, 5.74) is 18.2. The number of hydrogen-bond acceptors (Lipinski definition) is 8. The molecule has 240 valence electrons. The zero-order valence-corrected chi connectivity index (χ0v) is 24.3. The van der Waals surface area contributed by atoms with Crippen molar-refractivity contribution in [3.8, 4) is 5.75 Å². The summed E-state index contributed by atoms with van der Waals surface area (Å²) in [4.78, 5) is 77.6. The van der Waals surface area contributed by atoms with E-state index in [1.54, 1.807) is 12.3 Å². The van der Waals surface area contributed by atoms with Crippen LogP contribution >= 0.6 is 0 Å². The third-order valence-corrected chi connectivity index (χ3v) is 7.07. The number of aliphatic carboxylic acids is 1. The van der Waals surface area contributed by atoms with Crippen LogP contribution in [0.2, 0.25) is 0 Å². The Morgan fingerprint density at radius 3 is 1.96 bits per heavy atom. The highest BCUT2D eigenvalue weighted by Gasteiger charge is 2.31. The number of para-hydroxylation sites is 1. The third-order valence-electron chi connectivity index (χ3n) is 7.07. The van der Waals surface area contributed by atoms with Crippen LogP contribution in [-0.4, -0.2) is 74.9 Å². The number of phenolic OH excluding ortho intramolecular Hbond substituents is 1. The maximum absolute atomic E-state index is 13.6. The molecule has 4 unspecified atom stereocenters. The molecule has 1 heterocycles. The molecule has 0 aliphatic carbocycles. The number of aromatic amines is 1. The molecule has 45 heavy (non-hydrogen) atoms. The van der Waals surface area contributed by atoms with Gasteiger partial charge in [0.2, 0.25) is 29.5 Å². The molecule has 0 aliphatic rings. The van der Waals surface area contributed by atoms with E-state index in [1.165, 1.54) is 24.3 Å². The van der Waals surface area contributed by atoms with Gasteiger partial charge in [-0.2, -0.15) is 0 Å². The summed E-state index contributed by atoms with van der Waals surface area (Å²) in [7, 11) is 0. The van der Waals surface area contributed by atoms with E-state index in [2.05, 4.69) is 20.9 Å². The topological polar surface area (TPSA) is 273 Å². The molecule has 3 aromatic rings. The molecular weight excluding hydrogens is 586 g/mol. The molecule has 1 aromatic heterocycles. The predicted octanol–water partition coefficient (Wildman–Crippen LogP) is -0.944. The van der Waals surface area contributed by atoms with Crippen LogP contribution in [0.15, 0.2) is 54.7 Å². The Morgan fingerprint density at radius 1 is 0.733 bits per heavy atom. The van der Waals surface area contributed by atoms with Gasteiger partial charge < -0.3 is 48.3 Å². The molecule has 0 spiro atoms. The minimum atomic E-state index is -1.39. The molecule has 0 bridgehead atoms. The van der Waals surface area contributed by atoms with Gasteiger partial charge in [-0.3, -0.25) is 24.0 Å².